The molecule has 0 radical (unpaired) electrons. The number of aryl methyl sites for hydroxylation is 1. The van der Waals surface area contributed by atoms with E-state index in [1.54, 1.807) is 0 Å². The highest BCUT2D eigenvalue weighted by Gasteiger charge is 2.19. The van der Waals surface area contributed by atoms with Crippen molar-refractivity contribution in [1.82, 2.24) is 0 Å². The molecular weight excluding hydrogens is 312 g/mol. The Balaban J connectivity index is 2.72. The lowest BCUT2D eigenvalue weighted by atomic mass is 9.83. The molecular formula is C18H21BrO. The minimum atomic E-state index is 0.0576. The molecule has 2 heteroatoms. The molecule has 2 rings (SSSR count). The SMILES string of the molecule is Cc1ccccc1-c1cc(C(C)(C)C)cc(CBr)c1O. The van der Waals surface area contributed by atoms with Gasteiger partial charge in [-0.05, 0) is 35.1 Å². The van der Waals surface area contributed by atoms with Crippen LogP contribution in [0.1, 0.15) is 37.5 Å². The summed E-state index contributed by atoms with van der Waals surface area (Å²) in [6.45, 7) is 8.66. The van der Waals surface area contributed by atoms with Gasteiger partial charge >= 0.3 is 0 Å². The van der Waals surface area contributed by atoms with Gasteiger partial charge in [0.05, 0.1) is 0 Å². The van der Waals surface area contributed by atoms with Crippen LogP contribution >= 0.6 is 15.9 Å². The molecule has 2 aromatic carbocycles. The first-order chi connectivity index (χ1) is 9.34. The summed E-state index contributed by atoms with van der Waals surface area (Å²) in [5, 5.41) is 11.2. The largest absolute Gasteiger partial charge is 0.507 e. The lowest BCUT2D eigenvalue weighted by Crippen LogP contribution is -2.11. The van der Waals surface area contributed by atoms with Crippen molar-refractivity contribution in [3.8, 4) is 16.9 Å². The van der Waals surface area contributed by atoms with Crippen LogP contribution in [0.25, 0.3) is 11.1 Å². The van der Waals surface area contributed by atoms with Gasteiger partial charge in [0.25, 0.3) is 0 Å². The van der Waals surface area contributed by atoms with Crippen LogP contribution in [0.5, 0.6) is 5.75 Å². The maximum absolute atomic E-state index is 10.5. The molecule has 0 aromatic heterocycles. The topological polar surface area (TPSA) is 20.2 Å². The summed E-state index contributed by atoms with van der Waals surface area (Å²) in [6, 6.07) is 12.4. The Morgan fingerprint density at radius 3 is 2.25 bits per heavy atom. The highest BCUT2D eigenvalue weighted by atomic mass is 79.9. The van der Waals surface area contributed by atoms with Crippen molar-refractivity contribution in [2.75, 3.05) is 0 Å². The Hall–Kier alpha value is -1.28. The van der Waals surface area contributed by atoms with Crippen molar-refractivity contribution in [3.63, 3.8) is 0 Å². The van der Waals surface area contributed by atoms with Crippen LogP contribution in [0.4, 0.5) is 0 Å². The molecule has 0 saturated heterocycles. The summed E-state index contributed by atoms with van der Waals surface area (Å²) in [7, 11) is 0. The van der Waals surface area contributed by atoms with Crippen LogP contribution in [0.3, 0.4) is 0 Å². The molecule has 0 aliphatic heterocycles. The monoisotopic (exact) mass is 332 g/mol. The highest BCUT2D eigenvalue weighted by Crippen LogP contribution is 2.39. The van der Waals surface area contributed by atoms with Gasteiger partial charge in [0.15, 0.2) is 0 Å². The number of phenolic OH excluding ortho intramolecular Hbond substituents is 1. The van der Waals surface area contributed by atoms with Crippen molar-refractivity contribution in [3.05, 3.63) is 53.1 Å². The average Bonchev–Trinajstić information content (AvgIpc) is 2.38. The molecule has 0 aliphatic rings. The van der Waals surface area contributed by atoms with Crippen LogP contribution in [0, 0.1) is 6.92 Å². The molecule has 20 heavy (non-hydrogen) atoms. The Bertz CT molecular complexity index is 624. The molecule has 2 aromatic rings. The number of phenols is 1. The summed E-state index contributed by atoms with van der Waals surface area (Å²) < 4.78 is 0. The van der Waals surface area contributed by atoms with Gasteiger partial charge in [-0.2, -0.15) is 0 Å². The van der Waals surface area contributed by atoms with Crippen molar-refractivity contribution in [1.29, 1.82) is 0 Å². The third kappa shape index (κ3) is 2.90. The van der Waals surface area contributed by atoms with E-state index in [0.29, 0.717) is 11.1 Å². The van der Waals surface area contributed by atoms with E-state index in [-0.39, 0.29) is 5.41 Å². The van der Waals surface area contributed by atoms with E-state index in [0.717, 1.165) is 16.7 Å². The van der Waals surface area contributed by atoms with Gasteiger partial charge in [-0.25, -0.2) is 0 Å². The number of rotatable bonds is 2. The van der Waals surface area contributed by atoms with Gasteiger partial charge < -0.3 is 5.11 Å². The predicted octanol–water partition coefficient (Wildman–Crippen LogP) is 5.56. The Labute approximate surface area is 129 Å². The fourth-order valence-corrected chi connectivity index (χ4v) is 2.74. The summed E-state index contributed by atoms with van der Waals surface area (Å²) in [5.41, 5.74) is 5.43. The summed E-state index contributed by atoms with van der Waals surface area (Å²) in [5.74, 6) is 0.379. The zero-order valence-electron chi connectivity index (χ0n) is 12.5. The number of benzene rings is 2. The first-order valence-electron chi connectivity index (χ1n) is 6.83. The minimum absolute atomic E-state index is 0.0576. The lowest BCUT2D eigenvalue weighted by molar-refractivity contribution is 0.471. The number of hydrogen-bond donors (Lipinski definition) is 1. The molecule has 1 N–H and O–H groups in total. The molecule has 0 saturated carbocycles. The van der Waals surface area contributed by atoms with Crippen molar-refractivity contribution in [2.45, 2.75) is 38.4 Å². The van der Waals surface area contributed by atoms with Gasteiger partial charge in [0, 0.05) is 16.5 Å². The average molecular weight is 333 g/mol. The first-order valence-corrected chi connectivity index (χ1v) is 7.95. The number of alkyl halides is 1. The smallest absolute Gasteiger partial charge is 0.127 e. The normalized spacial score (nSPS) is 11.7. The van der Waals surface area contributed by atoms with E-state index in [2.05, 4.69) is 67.9 Å². The van der Waals surface area contributed by atoms with E-state index in [1.165, 1.54) is 11.1 Å². The second-order valence-corrected chi connectivity index (χ2v) is 6.79. The number of halogens is 1. The fraction of sp³-hybridized carbons (Fsp3) is 0.333. The summed E-state index contributed by atoms with van der Waals surface area (Å²) >= 11 is 3.47. The first kappa shape index (κ1) is 15.1. The Kier molecular flexibility index (Phi) is 4.24. The maximum Gasteiger partial charge on any atom is 0.127 e. The number of aromatic hydroxyl groups is 1. The minimum Gasteiger partial charge on any atom is -0.507 e. The molecule has 0 spiro atoms. The number of hydrogen-bond acceptors (Lipinski definition) is 1. The van der Waals surface area contributed by atoms with Crippen LogP contribution in [-0.4, -0.2) is 5.11 Å². The second kappa shape index (κ2) is 5.61. The van der Waals surface area contributed by atoms with Crippen molar-refractivity contribution < 1.29 is 5.11 Å². The van der Waals surface area contributed by atoms with Crippen LogP contribution < -0.4 is 0 Å². The lowest BCUT2D eigenvalue weighted by Gasteiger charge is -2.22. The molecule has 0 aliphatic carbocycles. The van der Waals surface area contributed by atoms with E-state index in [1.807, 2.05) is 12.1 Å². The van der Waals surface area contributed by atoms with E-state index < -0.39 is 0 Å². The fourth-order valence-electron chi connectivity index (χ4n) is 2.31. The van der Waals surface area contributed by atoms with E-state index in [9.17, 15) is 5.11 Å². The van der Waals surface area contributed by atoms with Crippen LogP contribution in [0.15, 0.2) is 36.4 Å². The quantitative estimate of drug-likeness (QED) is 0.713. The zero-order valence-corrected chi connectivity index (χ0v) is 14.1. The van der Waals surface area contributed by atoms with Crippen LogP contribution in [-0.2, 0) is 10.7 Å². The van der Waals surface area contributed by atoms with E-state index in [4.69, 9.17) is 0 Å². The van der Waals surface area contributed by atoms with Gasteiger partial charge in [-0.3, -0.25) is 0 Å². The highest BCUT2D eigenvalue weighted by molar-refractivity contribution is 9.08. The molecule has 0 atom stereocenters. The summed E-state index contributed by atoms with van der Waals surface area (Å²) in [4.78, 5) is 0. The molecule has 0 heterocycles. The van der Waals surface area contributed by atoms with Crippen molar-refractivity contribution in [2.24, 2.45) is 0 Å². The standard InChI is InChI=1S/C18H21BrO/c1-12-7-5-6-8-15(12)16-10-14(18(2,3)4)9-13(11-19)17(16)20/h5-10,20H,11H2,1-4H3. The van der Waals surface area contributed by atoms with Gasteiger partial charge in [0.2, 0.25) is 0 Å². The maximum atomic E-state index is 10.5. The Morgan fingerprint density at radius 2 is 1.70 bits per heavy atom. The Morgan fingerprint density at radius 1 is 1.05 bits per heavy atom. The molecule has 0 unspecified atom stereocenters. The van der Waals surface area contributed by atoms with Gasteiger partial charge in [-0.15, -0.1) is 0 Å². The van der Waals surface area contributed by atoms with Gasteiger partial charge in [-0.1, -0.05) is 67.0 Å². The summed E-state index contributed by atoms with van der Waals surface area (Å²) in [6.07, 6.45) is 0. The third-order valence-corrected chi connectivity index (χ3v) is 4.24. The second-order valence-electron chi connectivity index (χ2n) is 6.23. The third-order valence-electron chi connectivity index (χ3n) is 3.63. The predicted molar refractivity (Wildman–Crippen MR) is 89.6 cm³/mol. The van der Waals surface area contributed by atoms with E-state index >= 15 is 0 Å². The van der Waals surface area contributed by atoms with Crippen LogP contribution in [0.2, 0.25) is 0 Å². The molecule has 106 valence electrons. The molecule has 0 amide bonds. The molecule has 0 fully saturated rings. The van der Waals surface area contributed by atoms with Gasteiger partial charge in [0.1, 0.15) is 5.75 Å². The molecule has 0 bridgehead atoms. The molecule has 1 nitrogen and oxygen atoms in total. The van der Waals surface area contributed by atoms with Crippen molar-refractivity contribution >= 4 is 15.9 Å². The zero-order chi connectivity index (χ0) is 14.9.